The maximum atomic E-state index is 12.2. The van der Waals surface area contributed by atoms with Crippen LogP contribution in [0, 0.1) is 0 Å². The molecule has 0 unspecified atom stereocenters. The highest BCUT2D eigenvalue weighted by Gasteiger charge is 2.30. The van der Waals surface area contributed by atoms with Crippen molar-refractivity contribution < 1.29 is 19.1 Å². The van der Waals surface area contributed by atoms with E-state index in [-0.39, 0.29) is 17.7 Å². The number of β-amino-alcohol motifs (C(OH)–C–C–N with tert-alkyl or cyclic N) is 1. The number of amides is 1. The van der Waals surface area contributed by atoms with Gasteiger partial charge in [0, 0.05) is 31.1 Å². The van der Waals surface area contributed by atoms with Crippen molar-refractivity contribution in [3.8, 4) is 5.95 Å². The number of furan rings is 1. The second kappa shape index (κ2) is 7.78. The molecule has 1 saturated heterocycles. The molecule has 0 aromatic carbocycles. The number of aliphatic hydroxyl groups excluding tert-OH is 1. The van der Waals surface area contributed by atoms with Crippen LogP contribution in [-0.2, 0) is 6.54 Å². The van der Waals surface area contributed by atoms with Crippen LogP contribution in [0.5, 0.6) is 5.95 Å². The van der Waals surface area contributed by atoms with Crippen LogP contribution in [0.1, 0.15) is 29.6 Å². The summed E-state index contributed by atoms with van der Waals surface area (Å²) in [7, 11) is 0. The van der Waals surface area contributed by atoms with E-state index in [4.69, 9.17) is 9.15 Å². The lowest BCUT2D eigenvalue weighted by atomic mass is 10.0. The number of nitrogens with zero attached hydrogens (tertiary/aromatic N) is 2. The molecule has 0 saturated carbocycles. The third-order valence-electron chi connectivity index (χ3n) is 3.94. The standard InChI is InChI=1S/C16H21N3O4S/c1-2-22-15-4-3-14(23-15)16(21)18-12-5-6-19(8-13(12)20)7-11-9-24-10-17-11/h3-4,9-10,12-13,20H,2,5-8H2,1H3,(H,18,21)/t12-,13-/m1/s1. The van der Waals surface area contributed by atoms with E-state index in [1.165, 1.54) is 0 Å². The molecule has 0 radical (unpaired) electrons. The quantitative estimate of drug-likeness (QED) is 0.820. The molecule has 0 bridgehead atoms. The first-order valence-corrected chi connectivity index (χ1v) is 8.91. The molecular formula is C16H21N3O4S. The van der Waals surface area contributed by atoms with Gasteiger partial charge in [-0.25, -0.2) is 4.98 Å². The molecule has 2 N–H and O–H groups in total. The predicted octanol–water partition coefficient (Wildman–Crippen LogP) is 1.50. The highest BCUT2D eigenvalue weighted by atomic mass is 32.1. The Balaban J connectivity index is 1.51. The van der Waals surface area contributed by atoms with Crippen molar-refractivity contribution in [2.75, 3.05) is 19.7 Å². The van der Waals surface area contributed by atoms with Gasteiger partial charge in [0.05, 0.1) is 30.0 Å². The zero-order chi connectivity index (χ0) is 16.9. The molecule has 3 heterocycles. The molecule has 8 heteroatoms. The molecule has 2 aromatic rings. The maximum Gasteiger partial charge on any atom is 0.287 e. The average Bonchev–Trinajstić information content (AvgIpc) is 3.22. The summed E-state index contributed by atoms with van der Waals surface area (Å²) in [5.41, 5.74) is 2.81. The van der Waals surface area contributed by atoms with Crippen molar-refractivity contribution in [2.24, 2.45) is 0 Å². The molecule has 2 aromatic heterocycles. The first kappa shape index (κ1) is 16.9. The minimum atomic E-state index is -0.623. The summed E-state index contributed by atoms with van der Waals surface area (Å²) in [5.74, 6) is 0.176. The molecule has 1 amide bonds. The minimum Gasteiger partial charge on any atom is -0.465 e. The normalized spacial score (nSPS) is 21.6. The summed E-state index contributed by atoms with van der Waals surface area (Å²) < 4.78 is 10.5. The summed E-state index contributed by atoms with van der Waals surface area (Å²) in [6.45, 7) is 4.34. The summed E-state index contributed by atoms with van der Waals surface area (Å²) >= 11 is 1.56. The van der Waals surface area contributed by atoms with Crippen LogP contribution in [0.2, 0.25) is 0 Å². The largest absolute Gasteiger partial charge is 0.465 e. The zero-order valence-electron chi connectivity index (χ0n) is 13.5. The van der Waals surface area contributed by atoms with E-state index in [2.05, 4.69) is 15.2 Å². The van der Waals surface area contributed by atoms with E-state index in [0.717, 1.165) is 18.8 Å². The van der Waals surface area contributed by atoms with Crippen molar-refractivity contribution in [3.63, 3.8) is 0 Å². The minimum absolute atomic E-state index is 0.190. The van der Waals surface area contributed by atoms with Crippen molar-refractivity contribution >= 4 is 17.2 Å². The number of piperidine rings is 1. The van der Waals surface area contributed by atoms with Gasteiger partial charge in [0.1, 0.15) is 0 Å². The number of carbonyl (C=O) groups is 1. The van der Waals surface area contributed by atoms with E-state index < -0.39 is 6.10 Å². The highest BCUT2D eigenvalue weighted by Crippen LogP contribution is 2.18. The monoisotopic (exact) mass is 351 g/mol. The molecule has 1 fully saturated rings. The SMILES string of the molecule is CCOc1ccc(C(=O)N[C@@H]2CCN(Cc3cscn3)C[C@H]2O)o1. The molecule has 130 valence electrons. The topological polar surface area (TPSA) is 87.8 Å². The van der Waals surface area contributed by atoms with Gasteiger partial charge in [-0.1, -0.05) is 0 Å². The molecular weight excluding hydrogens is 330 g/mol. The van der Waals surface area contributed by atoms with Crippen LogP contribution in [0.25, 0.3) is 0 Å². The smallest absolute Gasteiger partial charge is 0.287 e. The summed E-state index contributed by atoms with van der Waals surface area (Å²) in [6, 6.07) is 2.90. The van der Waals surface area contributed by atoms with E-state index in [9.17, 15) is 9.90 Å². The molecule has 7 nitrogen and oxygen atoms in total. The van der Waals surface area contributed by atoms with E-state index in [0.29, 0.717) is 25.5 Å². The summed E-state index contributed by atoms with van der Waals surface area (Å²) in [6.07, 6.45) is 0.0541. The lowest BCUT2D eigenvalue weighted by Crippen LogP contribution is -2.53. The van der Waals surface area contributed by atoms with E-state index in [1.807, 2.05) is 12.3 Å². The molecule has 24 heavy (non-hydrogen) atoms. The van der Waals surface area contributed by atoms with E-state index >= 15 is 0 Å². The van der Waals surface area contributed by atoms with Crippen LogP contribution < -0.4 is 10.1 Å². The van der Waals surface area contributed by atoms with Crippen LogP contribution >= 0.6 is 11.3 Å². The Kier molecular flexibility index (Phi) is 5.49. The van der Waals surface area contributed by atoms with Gasteiger partial charge in [-0.2, -0.15) is 0 Å². The lowest BCUT2D eigenvalue weighted by Gasteiger charge is -2.35. The number of hydrogen-bond acceptors (Lipinski definition) is 7. The fourth-order valence-corrected chi connectivity index (χ4v) is 3.30. The number of rotatable bonds is 6. The lowest BCUT2D eigenvalue weighted by molar-refractivity contribution is 0.0338. The molecule has 0 spiro atoms. The van der Waals surface area contributed by atoms with Gasteiger partial charge < -0.3 is 19.6 Å². The molecule has 1 aliphatic heterocycles. The summed E-state index contributed by atoms with van der Waals surface area (Å²) in [4.78, 5) is 18.6. The first-order chi connectivity index (χ1) is 11.7. The van der Waals surface area contributed by atoms with Gasteiger partial charge in [0.15, 0.2) is 5.76 Å². The number of carbonyl (C=O) groups excluding carboxylic acids is 1. The Morgan fingerprint density at radius 1 is 1.58 bits per heavy atom. The van der Waals surface area contributed by atoms with E-state index in [1.54, 1.807) is 29.0 Å². The molecule has 2 atom stereocenters. The van der Waals surface area contributed by atoms with Crippen molar-refractivity contribution in [2.45, 2.75) is 32.0 Å². The Hall–Kier alpha value is -1.90. The number of ether oxygens (including phenoxy) is 1. The number of aliphatic hydroxyl groups is 1. The van der Waals surface area contributed by atoms with Gasteiger partial charge in [0.25, 0.3) is 11.9 Å². The van der Waals surface area contributed by atoms with Crippen LogP contribution in [0.3, 0.4) is 0 Å². The predicted molar refractivity (Wildman–Crippen MR) is 89.1 cm³/mol. The number of likely N-dealkylation sites (tertiary alicyclic amines) is 1. The third kappa shape index (κ3) is 4.14. The van der Waals surface area contributed by atoms with Crippen LogP contribution in [-0.4, -0.2) is 52.7 Å². The first-order valence-electron chi connectivity index (χ1n) is 7.96. The number of hydrogen-bond donors (Lipinski definition) is 2. The van der Waals surface area contributed by atoms with Crippen LogP contribution in [0.4, 0.5) is 0 Å². The molecule has 0 aliphatic carbocycles. The Morgan fingerprint density at radius 2 is 2.46 bits per heavy atom. The second-order valence-electron chi connectivity index (χ2n) is 5.70. The van der Waals surface area contributed by atoms with Crippen molar-refractivity contribution in [1.29, 1.82) is 0 Å². The van der Waals surface area contributed by atoms with Gasteiger partial charge in [-0.3, -0.25) is 9.69 Å². The Morgan fingerprint density at radius 3 is 3.17 bits per heavy atom. The fraction of sp³-hybridized carbons (Fsp3) is 0.500. The fourth-order valence-electron chi connectivity index (χ4n) is 2.76. The molecule has 1 aliphatic rings. The third-order valence-corrected chi connectivity index (χ3v) is 4.58. The number of thiazole rings is 1. The van der Waals surface area contributed by atoms with Gasteiger partial charge in [-0.05, 0) is 19.4 Å². The molecule has 3 rings (SSSR count). The van der Waals surface area contributed by atoms with Crippen molar-refractivity contribution in [3.05, 3.63) is 34.5 Å². The number of nitrogens with one attached hydrogen (secondary N) is 1. The highest BCUT2D eigenvalue weighted by molar-refractivity contribution is 7.07. The van der Waals surface area contributed by atoms with Crippen LogP contribution in [0.15, 0.2) is 27.4 Å². The Bertz CT molecular complexity index is 658. The average molecular weight is 351 g/mol. The zero-order valence-corrected chi connectivity index (χ0v) is 14.3. The van der Waals surface area contributed by atoms with Gasteiger partial charge in [0.2, 0.25) is 0 Å². The van der Waals surface area contributed by atoms with Gasteiger partial charge in [-0.15, -0.1) is 11.3 Å². The number of aromatic nitrogens is 1. The maximum absolute atomic E-state index is 12.2. The van der Waals surface area contributed by atoms with Crippen molar-refractivity contribution in [1.82, 2.24) is 15.2 Å². The van der Waals surface area contributed by atoms with Gasteiger partial charge >= 0.3 is 0 Å². The summed E-state index contributed by atoms with van der Waals surface area (Å²) in [5, 5.41) is 15.2. The second-order valence-corrected chi connectivity index (χ2v) is 6.42. The Labute approximate surface area is 144 Å².